The summed E-state index contributed by atoms with van der Waals surface area (Å²) in [7, 11) is 2.06. The van der Waals surface area contributed by atoms with Crippen LogP contribution in [0.15, 0.2) is 22.8 Å². The molecule has 1 unspecified atom stereocenters. The van der Waals surface area contributed by atoms with E-state index in [0.717, 1.165) is 12.2 Å². The predicted molar refractivity (Wildman–Crippen MR) is 79.4 cm³/mol. The van der Waals surface area contributed by atoms with Gasteiger partial charge in [0.1, 0.15) is 5.76 Å². The topological polar surface area (TPSA) is 28.4 Å². The van der Waals surface area contributed by atoms with E-state index in [1.54, 1.807) is 6.26 Å². The minimum absolute atomic E-state index is 0.159. The third kappa shape index (κ3) is 3.61. The second kappa shape index (κ2) is 6.58. The molecule has 3 heteroatoms. The Morgan fingerprint density at radius 1 is 1.26 bits per heavy atom. The van der Waals surface area contributed by atoms with E-state index in [4.69, 9.17) is 4.42 Å². The fourth-order valence-electron chi connectivity index (χ4n) is 3.20. The lowest BCUT2D eigenvalue weighted by molar-refractivity contribution is 0.0844. The number of rotatable bonds is 5. The molecular formula is C16H28N2O. The third-order valence-corrected chi connectivity index (χ3v) is 4.61. The molecule has 0 amide bonds. The number of nitrogens with zero attached hydrogens (tertiary/aromatic N) is 1. The molecule has 1 aromatic heterocycles. The van der Waals surface area contributed by atoms with Crippen LogP contribution >= 0.6 is 0 Å². The van der Waals surface area contributed by atoms with Crippen molar-refractivity contribution < 1.29 is 4.42 Å². The van der Waals surface area contributed by atoms with Crippen LogP contribution < -0.4 is 5.32 Å². The highest BCUT2D eigenvalue weighted by molar-refractivity contribution is 5.05. The summed E-state index contributed by atoms with van der Waals surface area (Å²) in [6, 6.07) is 4.46. The van der Waals surface area contributed by atoms with Crippen molar-refractivity contribution in [3.63, 3.8) is 0 Å². The van der Waals surface area contributed by atoms with Crippen LogP contribution in [0.3, 0.4) is 0 Å². The first kappa shape index (κ1) is 14.6. The quantitative estimate of drug-likeness (QED) is 0.886. The van der Waals surface area contributed by atoms with Gasteiger partial charge in [0, 0.05) is 18.0 Å². The maximum absolute atomic E-state index is 5.51. The minimum atomic E-state index is 0.159. The van der Waals surface area contributed by atoms with Crippen LogP contribution in [0.2, 0.25) is 0 Å². The lowest BCUT2D eigenvalue weighted by Crippen LogP contribution is -2.58. The molecule has 0 saturated carbocycles. The van der Waals surface area contributed by atoms with Crippen LogP contribution in [-0.4, -0.2) is 36.6 Å². The molecule has 0 aromatic carbocycles. The second-order valence-corrected chi connectivity index (χ2v) is 6.18. The van der Waals surface area contributed by atoms with Gasteiger partial charge in [0.2, 0.25) is 0 Å². The molecule has 0 radical (unpaired) electrons. The van der Waals surface area contributed by atoms with E-state index in [9.17, 15) is 0 Å². The summed E-state index contributed by atoms with van der Waals surface area (Å²) in [6.07, 6.45) is 8.15. The van der Waals surface area contributed by atoms with Gasteiger partial charge in [-0.15, -0.1) is 0 Å². The summed E-state index contributed by atoms with van der Waals surface area (Å²) < 4.78 is 5.51. The standard InChI is InChI=1S/C16H28N2O/c1-16(2,18-10-6-4-5-7-11-18)15(17-3)13-14-9-8-12-19-14/h8-9,12,15,17H,4-7,10-11,13H2,1-3H3. The molecule has 1 aliphatic heterocycles. The molecule has 108 valence electrons. The molecule has 1 saturated heterocycles. The Kier molecular flexibility index (Phi) is 5.06. The van der Waals surface area contributed by atoms with E-state index in [1.165, 1.54) is 38.8 Å². The fourth-order valence-corrected chi connectivity index (χ4v) is 3.20. The van der Waals surface area contributed by atoms with E-state index < -0.39 is 0 Å². The van der Waals surface area contributed by atoms with Crippen LogP contribution in [0.5, 0.6) is 0 Å². The normalized spacial score (nSPS) is 20.2. The van der Waals surface area contributed by atoms with Gasteiger partial charge >= 0.3 is 0 Å². The molecule has 2 rings (SSSR count). The first-order valence-corrected chi connectivity index (χ1v) is 7.59. The monoisotopic (exact) mass is 264 g/mol. The molecule has 0 bridgehead atoms. The van der Waals surface area contributed by atoms with Gasteiger partial charge in [-0.25, -0.2) is 0 Å². The zero-order valence-electron chi connectivity index (χ0n) is 12.6. The Hall–Kier alpha value is -0.800. The highest BCUT2D eigenvalue weighted by atomic mass is 16.3. The smallest absolute Gasteiger partial charge is 0.105 e. The van der Waals surface area contributed by atoms with E-state index in [1.807, 2.05) is 6.07 Å². The predicted octanol–water partition coefficient (Wildman–Crippen LogP) is 3.06. The van der Waals surface area contributed by atoms with Gasteiger partial charge in [-0.1, -0.05) is 12.8 Å². The average Bonchev–Trinajstić information content (AvgIpc) is 2.74. The fraction of sp³-hybridized carbons (Fsp3) is 0.750. The van der Waals surface area contributed by atoms with Crippen molar-refractivity contribution in [3.8, 4) is 0 Å². The molecule has 1 fully saturated rings. The molecule has 1 N–H and O–H groups in total. The molecule has 19 heavy (non-hydrogen) atoms. The summed E-state index contributed by atoms with van der Waals surface area (Å²) in [6.45, 7) is 7.18. The van der Waals surface area contributed by atoms with Gasteiger partial charge in [0.15, 0.2) is 0 Å². The second-order valence-electron chi connectivity index (χ2n) is 6.18. The van der Waals surface area contributed by atoms with Crippen molar-refractivity contribution in [2.45, 2.75) is 57.5 Å². The average molecular weight is 264 g/mol. The van der Waals surface area contributed by atoms with Gasteiger partial charge < -0.3 is 9.73 Å². The Morgan fingerprint density at radius 3 is 2.47 bits per heavy atom. The van der Waals surface area contributed by atoms with Crippen LogP contribution in [0.4, 0.5) is 0 Å². The van der Waals surface area contributed by atoms with Crippen molar-refractivity contribution in [3.05, 3.63) is 24.2 Å². The van der Waals surface area contributed by atoms with E-state index >= 15 is 0 Å². The first-order valence-electron chi connectivity index (χ1n) is 7.59. The van der Waals surface area contributed by atoms with Crippen LogP contribution in [0.1, 0.15) is 45.3 Å². The SMILES string of the molecule is CNC(Cc1ccco1)C(C)(C)N1CCCCCC1. The van der Waals surface area contributed by atoms with Crippen LogP contribution in [0, 0.1) is 0 Å². The lowest BCUT2D eigenvalue weighted by Gasteiger charge is -2.43. The molecule has 2 heterocycles. The maximum atomic E-state index is 5.51. The van der Waals surface area contributed by atoms with Crippen LogP contribution in [0.25, 0.3) is 0 Å². The maximum Gasteiger partial charge on any atom is 0.105 e. The summed E-state index contributed by atoms with van der Waals surface area (Å²) >= 11 is 0. The third-order valence-electron chi connectivity index (χ3n) is 4.61. The van der Waals surface area contributed by atoms with Crippen LogP contribution in [-0.2, 0) is 6.42 Å². The molecule has 3 nitrogen and oxygen atoms in total. The first-order chi connectivity index (χ1) is 9.14. The van der Waals surface area contributed by atoms with Crippen molar-refractivity contribution in [2.24, 2.45) is 0 Å². The summed E-state index contributed by atoms with van der Waals surface area (Å²) in [5.74, 6) is 1.07. The molecule has 1 aliphatic rings. The Balaban J connectivity index is 2.05. The number of likely N-dealkylation sites (N-methyl/N-ethyl adjacent to an activating group) is 1. The number of hydrogen-bond donors (Lipinski definition) is 1. The number of nitrogens with one attached hydrogen (secondary N) is 1. The van der Waals surface area contributed by atoms with E-state index in [-0.39, 0.29) is 5.54 Å². The number of furan rings is 1. The zero-order valence-corrected chi connectivity index (χ0v) is 12.6. The molecule has 1 atom stereocenters. The zero-order chi connectivity index (χ0) is 13.7. The van der Waals surface area contributed by atoms with E-state index in [0.29, 0.717) is 6.04 Å². The van der Waals surface area contributed by atoms with Gasteiger partial charge in [-0.2, -0.15) is 0 Å². The summed E-state index contributed by atoms with van der Waals surface area (Å²) in [5.41, 5.74) is 0.159. The highest BCUT2D eigenvalue weighted by Gasteiger charge is 2.35. The lowest BCUT2D eigenvalue weighted by atomic mass is 9.89. The van der Waals surface area contributed by atoms with Crippen molar-refractivity contribution >= 4 is 0 Å². The van der Waals surface area contributed by atoms with Crippen molar-refractivity contribution in [1.82, 2.24) is 10.2 Å². The Morgan fingerprint density at radius 2 is 1.95 bits per heavy atom. The van der Waals surface area contributed by atoms with Gasteiger partial charge in [0.25, 0.3) is 0 Å². The van der Waals surface area contributed by atoms with E-state index in [2.05, 4.69) is 37.2 Å². The Labute approximate surface area is 117 Å². The molecule has 0 aliphatic carbocycles. The van der Waals surface area contributed by atoms with Gasteiger partial charge in [-0.3, -0.25) is 4.90 Å². The minimum Gasteiger partial charge on any atom is -0.469 e. The largest absolute Gasteiger partial charge is 0.469 e. The summed E-state index contributed by atoms with van der Waals surface area (Å²) in [5, 5.41) is 3.50. The molecular weight excluding hydrogens is 236 g/mol. The van der Waals surface area contributed by atoms with Crippen molar-refractivity contribution in [2.75, 3.05) is 20.1 Å². The molecule has 1 aromatic rings. The number of likely N-dealkylation sites (tertiary alicyclic amines) is 1. The molecule has 0 spiro atoms. The summed E-state index contributed by atoms with van der Waals surface area (Å²) in [4.78, 5) is 2.66. The van der Waals surface area contributed by atoms with Gasteiger partial charge in [-0.05, 0) is 59.0 Å². The van der Waals surface area contributed by atoms with Crippen molar-refractivity contribution in [1.29, 1.82) is 0 Å². The number of hydrogen-bond acceptors (Lipinski definition) is 3. The van der Waals surface area contributed by atoms with Gasteiger partial charge in [0.05, 0.1) is 6.26 Å². The highest BCUT2D eigenvalue weighted by Crippen LogP contribution is 2.25. The Bertz CT molecular complexity index is 351.